The summed E-state index contributed by atoms with van der Waals surface area (Å²) in [5, 5.41) is 10.3. The minimum atomic E-state index is -0.218. The fourth-order valence-corrected chi connectivity index (χ4v) is 4.54. The SMILES string of the molecule is Cc1nnc(N2CC[C@@H]3C[C@@H](C(=O)N4CCCC4)O[C@H]3C2)s1. The Bertz CT molecular complexity index is 557. The normalized spacial score (nSPS) is 31.6. The summed E-state index contributed by atoms with van der Waals surface area (Å²) in [6.07, 6.45) is 4.18. The molecule has 6 nitrogen and oxygen atoms in total. The second-order valence-corrected chi connectivity index (χ2v) is 7.69. The average Bonchev–Trinajstić information content (AvgIpc) is 3.25. The second kappa shape index (κ2) is 5.77. The number of anilines is 1. The van der Waals surface area contributed by atoms with Gasteiger partial charge in [0.2, 0.25) is 5.13 Å². The topological polar surface area (TPSA) is 58.6 Å². The summed E-state index contributed by atoms with van der Waals surface area (Å²) in [6.45, 7) is 5.62. The Kier molecular flexibility index (Phi) is 3.78. The maximum atomic E-state index is 12.5. The first-order valence-electron chi connectivity index (χ1n) is 8.20. The number of nitrogens with zero attached hydrogens (tertiary/aromatic N) is 4. The van der Waals surface area contributed by atoms with E-state index in [4.69, 9.17) is 4.74 Å². The lowest BCUT2D eigenvalue weighted by molar-refractivity contribution is -0.141. The highest BCUT2D eigenvalue weighted by Crippen LogP contribution is 2.36. The van der Waals surface area contributed by atoms with E-state index < -0.39 is 0 Å². The molecule has 22 heavy (non-hydrogen) atoms. The summed E-state index contributed by atoms with van der Waals surface area (Å²) in [5.74, 6) is 0.729. The Balaban J connectivity index is 1.40. The predicted octanol–water partition coefficient (Wildman–Crippen LogP) is 1.45. The number of carbonyl (C=O) groups is 1. The van der Waals surface area contributed by atoms with Crippen molar-refractivity contribution in [3.05, 3.63) is 5.01 Å². The first-order valence-corrected chi connectivity index (χ1v) is 9.01. The molecular formula is C15H22N4O2S. The van der Waals surface area contributed by atoms with Crippen LogP contribution in [-0.2, 0) is 9.53 Å². The van der Waals surface area contributed by atoms with Crippen LogP contribution >= 0.6 is 11.3 Å². The molecule has 3 saturated heterocycles. The molecule has 0 saturated carbocycles. The molecule has 4 rings (SSSR count). The Morgan fingerprint density at radius 2 is 2.09 bits per heavy atom. The third-order valence-corrected chi connectivity index (χ3v) is 5.93. The molecule has 1 aromatic heterocycles. The lowest BCUT2D eigenvalue weighted by atomic mass is 9.92. The third kappa shape index (κ3) is 2.60. The smallest absolute Gasteiger partial charge is 0.251 e. The van der Waals surface area contributed by atoms with Crippen LogP contribution in [0.3, 0.4) is 0 Å². The zero-order chi connectivity index (χ0) is 15.1. The van der Waals surface area contributed by atoms with E-state index in [-0.39, 0.29) is 18.1 Å². The molecule has 3 aliphatic rings. The molecule has 7 heteroatoms. The Morgan fingerprint density at radius 3 is 2.82 bits per heavy atom. The quantitative estimate of drug-likeness (QED) is 0.825. The number of rotatable bonds is 2. The standard InChI is InChI=1S/C15H22N4O2S/c1-10-16-17-15(22-10)19-7-4-11-8-12(21-13(11)9-19)14(20)18-5-2-3-6-18/h11-13H,2-9H2,1H3/t11-,12+,13+/m1/s1. The molecule has 0 radical (unpaired) electrons. The van der Waals surface area contributed by atoms with E-state index in [9.17, 15) is 4.79 Å². The van der Waals surface area contributed by atoms with Crippen molar-refractivity contribution in [2.75, 3.05) is 31.1 Å². The molecule has 3 aliphatic heterocycles. The molecule has 3 fully saturated rings. The summed E-state index contributed by atoms with van der Waals surface area (Å²) >= 11 is 1.63. The zero-order valence-electron chi connectivity index (χ0n) is 12.9. The van der Waals surface area contributed by atoms with Gasteiger partial charge in [-0.25, -0.2) is 0 Å². The molecular weight excluding hydrogens is 300 g/mol. The molecule has 1 aromatic rings. The number of likely N-dealkylation sites (tertiary alicyclic amines) is 1. The van der Waals surface area contributed by atoms with Crippen molar-refractivity contribution in [2.24, 2.45) is 5.92 Å². The van der Waals surface area contributed by atoms with Crippen LogP contribution in [0.1, 0.15) is 30.7 Å². The number of ether oxygens (including phenoxy) is 1. The summed E-state index contributed by atoms with van der Waals surface area (Å²) in [5.41, 5.74) is 0. The highest BCUT2D eigenvalue weighted by atomic mass is 32.1. The first-order chi connectivity index (χ1) is 10.7. The average molecular weight is 322 g/mol. The molecule has 4 heterocycles. The number of aryl methyl sites for hydroxylation is 1. The van der Waals surface area contributed by atoms with Crippen LogP contribution in [0.15, 0.2) is 0 Å². The van der Waals surface area contributed by atoms with Crippen molar-refractivity contribution < 1.29 is 9.53 Å². The molecule has 0 aliphatic carbocycles. The minimum absolute atomic E-state index is 0.162. The number of aromatic nitrogens is 2. The highest BCUT2D eigenvalue weighted by molar-refractivity contribution is 7.15. The maximum absolute atomic E-state index is 12.5. The number of fused-ring (bicyclic) bond motifs is 1. The van der Waals surface area contributed by atoms with Gasteiger partial charge in [0.25, 0.3) is 5.91 Å². The fraction of sp³-hybridized carbons (Fsp3) is 0.800. The van der Waals surface area contributed by atoms with Crippen molar-refractivity contribution in [1.29, 1.82) is 0 Å². The lowest BCUT2D eigenvalue weighted by Gasteiger charge is -2.33. The van der Waals surface area contributed by atoms with Gasteiger partial charge in [0.05, 0.1) is 6.10 Å². The Hall–Kier alpha value is -1.21. The molecule has 3 atom stereocenters. The second-order valence-electron chi connectivity index (χ2n) is 6.53. The van der Waals surface area contributed by atoms with Crippen molar-refractivity contribution in [1.82, 2.24) is 15.1 Å². The van der Waals surface area contributed by atoms with E-state index in [1.54, 1.807) is 11.3 Å². The van der Waals surface area contributed by atoms with Gasteiger partial charge in [-0.3, -0.25) is 4.79 Å². The van der Waals surface area contributed by atoms with E-state index in [1.165, 1.54) is 0 Å². The van der Waals surface area contributed by atoms with E-state index >= 15 is 0 Å². The van der Waals surface area contributed by atoms with Crippen LogP contribution in [0, 0.1) is 12.8 Å². The van der Waals surface area contributed by atoms with E-state index in [2.05, 4.69) is 15.1 Å². The van der Waals surface area contributed by atoms with Crippen molar-refractivity contribution in [3.8, 4) is 0 Å². The minimum Gasteiger partial charge on any atom is -0.363 e. The summed E-state index contributed by atoms with van der Waals surface area (Å²) in [6, 6.07) is 0. The van der Waals surface area contributed by atoms with E-state index in [0.717, 1.165) is 62.0 Å². The van der Waals surface area contributed by atoms with Crippen LogP contribution in [0.4, 0.5) is 5.13 Å². The monoisotopic (exact) mass is 322 g/mol. The number of carbonyl (C=O) groups excluding carboxylic acids is 1. The van der Waals surface area contributed by atoms with E-state index in [1.807, 2.05) is 11.8 Å². The van der Waals surface area contributed by atoms with E-state index in [0.29, 0.717) is 5.92 Å². The maximum Gasteiger partial charge on any atom is 0.251 e. The molecule has 0 aromatic carbocycles. The number of amides is 1. The number of piperidine rings is 1. The summed E-state index contributed by atoms with van der Waals surface area (Å²) < 4.78 is 6.12. The van der Waals surface area contributed by atoms with Crippen LogP contribution in [0.2, 0.25) is 0 Å². The lowest BCUT2D eigenvalue weighted by Crippen LogP contribution is -2.42. The molecule has 120 valence electrons. The predicted molar refractivity (Wildman–Crippen MR) is 84.1 cm³/mol. The van der Waals surface area contributed by atoms with Gasteiger partial charge in [-0.05, 0) is 38.5 Å². The summed E-state index contributed by atoms with van der Waals surface area (Å²) in [7, 11) is 0. The number of hydrogen-bond donors (Lipinski definition) is 0. The molecule has 0 unspecified atom stereocenters. The largest absolute Gasteiger partial charge is 0.363 e. The van der Waals surface area contributed by atoms with Crippen molar-refractivity contribution in [2.45, 2.75) is 44.8 Å². The molecule has 0 spiro atoms. The van der Waals surface area contributed by atoms with Crippen LogP contribution in [0.25, 0.3) is 0 Å². The van der Waals surface area contributed by atoms with Gasteiger partial charge in [0.15, 0.2) is 0 Å². The van der Waals surface area contributed by atoms with Gasteiger partial charge in [-0.2, -0.15) is 0 Å². The van der Waals surface area contributed by atoms with Crippen LogP contribution in [0.5, 0.6) is 0 Å². The fourth-order valence-electron chi connectivity index (χ4n) is 3.82. The molecule has 0 bridgehead atoms. The van der Waals surface area contributed by atoms with Gasteiger partial charge in [0.1, 0.15) is 11.1 Å². The van der Waals surface area contributed by atoms with Crippen LogP contribution < -0.4 is 4.90 Å². The van der Waals surface area contributed by atoms with Gasteiger partial charge in [0, 0.05) is 26.2 Å². The van der Waals surface area contributed by atoms with Crippen molar-refractivity contribution >= 4 is 22.4 Å². The first kappa shape index (κ1) is 14.4. The third-order valence-electron chi connectivity index (χ3n) is 5.03. The van der Waals surface area contributed by atoms with Gasteiger partial charge < -0.3 is 14.5 Å². The Morgan fingerprint density at radius 1 is 1.27 bits per heavy atom. The highest BCUT2D eigenvalue weighted by Gasteiger charge is 2.43. The Labute approximate surface area is 134 Å². The van der Waals surface area contributed by atoms with Gasteiger partial charge in [-0.15, -0.1) is 10.2 Å². The zero-order valence-corrected chi connectivity index (χ0v) is 13.7. The van der Waals surface area contributed by atoms with Crippen molar-refractivity contribution in [3.63, 3.8) is 0 Å². The van der Waals surface area contributed by atoms with Gasteiger partial charge >= 0.3 is 0 Å². The van der Waals surface area contributed by atoms with Gasteiger partial charge in [-0.1, -0.05) is 11.3 Å². The molecule has 0 N–H and O–H groups in total. The summed E-state index contributed by atoms with van der Waals surface area (Å²) in [4.78, 5) is 16.8. The molecule has 1 amide bonds. The number of hydrogen-bond acceptors (Lipinski definition) is 6. The van der Waals surface area contributed by atoms with Crippen LogP contribution in [-0.4, -0.2) is 59.4 Å².